The van der Waals surface area contributed by atoms with E-state index >= 15 is 0 Å². The molecule has 0 bridgehead atoms. The SMILES string of the molecule is O=C(Cn1c(=O)n(Cc2ccc3c(c2)OCO3)c(=O)c2sccc21)NCc1ccc(F)cc1. The van der Waals surface area contributed by atoms with Gasteiger partial charge in [-0.3, -0.25) is 18.7 Å². The van der Waals surface area contributed by atoms with Crippen LogP contribution >= 0.6 is 11.3 Å². The molecule has 0 atom stereocenters. The molecule has 0 aliphatic carbocycles. The summed E-state index contributed by atoms with van der Waals surface area (Å²) in [6.07, 6.45) is 0. The Morgan fingerprint density at radius 3 is 2.58 bits per heavy atom. The van der Waals surface area contributed by atoms with Crippen molar-refractivity contribution in [2.24, 2.45) is 0 Å². The third-order valence-electron chi connectivity index (χ3n) is 5.32. The third kappa shape index (κ3) is 4.12. The first-order valence-corrected chi connectivity index (χ1v) is 11.0. The lowest BCUT2D eigenvalue weighted by atomic mass is 10.2. The van der Waals surface area contributed by atoms with Gasteiger partial charge in [0.1, 0.15) is 17.1 Å². The summed E-state index contributed by atoms with van der Waals surface area (Å²) >= 11 is 1.22. The molecule has 0 spiro atoms. The van der Waals surface area contributed by atoms with E-state index in [-0.39, 0.29) is 32.2 Å². The number of halogens is 1. The van der Waals surface area contributed by atoms with Gasteiger partial charge in [0.2, 0.25) is 12.7 Å². The van der Waals surface area contributed by atoms with Crippen molar-refractivity contribution in [3.63, 3.8) is 0 Å². The largest absolute Gasteiger partial charge is 0.454 e. The number of thiophene rings is 1. The van der Waals surface area contributed by atoms with Crippen molar-refractivity contribution in [3.05, 3.63) is 91.7 Å². The molecule has 0 saturated heterocycles. The minimum Gasteiger partial charge on any atom is -0.454 e. The second-order valence-electron chi connectivity index (χ2n) is 7.49. The minimum absolute atomic E-state index is 0.0271. The molecule has 10 heteroatoms. The normalized spacial score (nSPS) is 12.3. The highest BCUT2D eigenvalue weighted by Crippen LogP contribution is 2.32. The van der Waals surface area contributed by atoms with Crippen LogP contribution in [0.25, 0.3) is 10.2 Å². The Hall–Kier alpha value is -3.92. The van der Waals surface area contributed by atoms with Crippen LogP contribution in [0.15, 0.2) is 63.5 Å². The lowest BCUT2D eigenvalue weighted by Crippen LogP contribution is -2.42. The highest BCUT2D eigenvalue weighted by Gasteiger charge is 2.18. The molecule has 0 unspecified atom stereocenters. The average Bonchev–Trinajstić information content (AvgIpc) is 3.48. The Kier molecular flexibility index (Phi) is 5.43. The number of ether oxygens (including phenoxy) is 2. The zero-order valence-corrected chi connectivity index (χ0v) is 18.1. The van der Waals surface area contributed by atoms with Crippen LogP contribution in [0.4, 0.5) is 4.39 Å². The molecule has 0 saturated carbocycles. The van der Waals surface area contributed by atoms with Crippen LogP contribution in [-0.2, 0) is 24.4 Å². The van der Waals surface area contributed by atoms with Gasteiger partial charge in [0.15, 0.2) is 11.5 Å². The molecule has 1 aliphatic heterocycles. The Bertz CT molecular complexity index is 1470. The molecule has 3 heterocycles. The van der Waals surface area contributed by atoms with Crippen molar-refractivity contribution in [1.29, 1.82) is 0 Å². The number of hydrogen-bond donors (Lipinski definition) is 1. The average molecular weight is 467 g/mol. The van der Waals surface area contributed by atoms with E-state index in [0.717, 1.165) is 10.1 Å². The van der Waals surface area contributed by atoms with Crippen LogP contribution in [0.5, 0.6) is 11.5 Å². The molecule has 5 rings (SSSR count). The van der Waals surface area contributed by atoms with Gasteiger partial charge in [0.25, 0.3) is 5.56 Å². The lowest BCUT2D eigenvalue weighted by Gasteiger charge is -2.13. The number of fused-ring (bicyclic) bond motifs is 2. The standard InChI is InChI=1S/C23H18FN3O5S/c24-16-4-1-14(2-5-16)10-25-20(28)12-26-17-7-8-33-21(17)22(29)27(23(26)30)11-15-3-6-18-19(9-15)32-13-31-18/h1-9H,10-13H2,(H,25,28). The van der Waals surface area contributed by atoms with Crippen LogP contribution in [0.3, 0.4) is 0 Å². The van der Waals surface area contributed by atoms with Gasteiger partial charge in [-0.05, 0) is 46.8 Å². The quantitative estimate of drug-likeness (QED) is 0.471. The maximum absolute atomic E-state index is 13.2. The van der Waals surface area contributed by atoms with Crippen molar-refractivity contribution in [1.82, 2.24) is 14.5 Å². The second-order valence-corrected chi connectivity index (χ2v) is 8.40. The number of benzene rings is 2. The first-order valence-electron chi connectivity index (χ1n) is 10.1. The molecule has 2 aromatic heterocycles. The first kappa shape index (κ1) is 21.0. The van der Waals surface area contributed by atoms with E-state index in [4.69, 9.17) is 9.47 Å². The van der Waals surface area contributed by atoms with Gasteiger partial charge in [-0.2, -0.15) is 0 Å². The monoisotopic (exact) mass is 467 g/mol. The predicted molar refractivity (Wildman–Crippen MR) is 120 cm³/mol. The topological polar surface area (TPSA) is 91.6 Å². The van der Waals surface area contributed by atoms with Crippen molar-refractivity contribution in [3.8, 4) is 11.5 Å². The van der Waals surface area contributed by atoms with Gasteiger partial charge in [-0.1, -0.05) is 18.2 Å². The fraction of sp³-hybridized carbons (Fsp3) is 0.174. The number of rotatable bonds is 6. The Morgan fingerprint density at radius 1 is 1.00 bits per heavy atom. The Balaban J connectivity index is 1.43. The molecule has 1 aliphatic rings. The number of carbonyl (C=O) groups is 1. The summed E-state index contributed by atoms with van der Waals surface area (Å²) in [5.41, 5.74) is 0.840. The molecule has 0 fully saturated rings. The number of hydrogen-bond acceptors (Lipinski definition) is 6. The smallest absolute Gasteiger partial charge is 0.332 e. The summed E-state index contributed by atoms with van der Waals surface area (Å²) in [7, 11) is 0. The van der Waals surface area contributed by atoms with Gasteiger partial charge in [0.05, 0.1) is 12.1 Å². The molecule has 8 nitrogen and oxygen atoms in total. The van der Waals surface area contributed by atoms with E-state index < -0.39 is 17.2 Å². The van der Waals surface area contributed by atoms with Crippen molar-refractivity contribution in [2.75, 3.05) is 6.79 Å². The summed E-state index contributed by atoms with van der Waals surface area (Å²) in [6.45, 7) is 0.0885. The molecule has 2 aromatic carbocycles. The Labute approximate surface area is 190 Å². The number of nitrogens with one attached hydrogen (secondary N) is 1. The van der Waals surface area contributed by atoms with Crippen LogP contribution in [0, 0.1) is 5.82 Å². The van der Waals surface area contributed by atoms with E-state index in [0.29, 0.717) is 27.3 Å². The molecule has 1 N–H and O–H groups in total. The van der Waals surface area contributed by atoms with Crippen LogP contribution in [0.1, 0.15) is 11.1 Å². The van der Waals surface area contributed by atoms with Crippen LogP contribution in [0.2, 0.25) is 0 Å². The van der Waals surface area contributed by atoms with Crippen LogP contribution in [-0.4, -0.2) is 21.8 Å². The fourth-order valence-electron chi connectivity index (χ4n) is 3.65. The summed E-state index contributed by atoms with van der Waals surface area (Å²) in [5, 5.41) is 4.44. The zero-order valence-electron chi connectivity index (χ0n) is 17.2. The molecule has 168 valence electrons. The first-order chi connectivity index (χ1) is 16.0. The zero-order chi connectivity index (χ0) is 22.9. The van der Waals surface area contributed by atoms with E-state index in [1.165, 1.54) is 28.0 Å². The van der Waals surface area contributed by atoms with E-state index in [1.807, 2.05) is 0 Å². The fourth-order valence-corrected chi connectivity index (χ4v) is 4.49. The maximum atomic E-state index is 13.2. The van der Waals surface area contributed by atoms with Crippen molar-refractivity contribution < 1.29 is 18.7 Å². The second kappa shape index (κ2) is 8.55. The molecule has 33 heavy (non-hydrogen) atoms. The van der Waals surface area contributed by atoms with E-state index in [1.54, 1.807) is 41.8 Å². The minimum atomic E-state index is -0.583. The number of nitrogens with zero attached hydrogens (tertiary/aromatic N) is 2. The summed E-state index contributed by atoms with van der Waals surface area (Å²) in [5.74, 6) is 0.400. The van der Waals surface area contributed by atoms with Gasteiger partial charge in [-0.25, -0.2) is 9.18 Å². The lowest BCUT2D eigenvalue weighted by molar-refractivity contribution is -0.121. The molecular formula is C23H18FN3O5S. The van der Waals surface area contributed by atoms with Gasteiger partial charge >= 0.3 is 5.69 Å². The summed E-state index contributed by atoms with van der Waals surface area (Å²) in [6, 6.07) is 12.6. The summed E-state index contributed by atoms with van der Waals surface area (Å²) < 4.78 is 26.5. The number of aromatic nitrogens is 2. The number of amides is 1. The van der Waals surface area contributed by atoms with Crippen molar-refractivity contribution >= 4 is 27.5 Å². The highest BCUT2D eigenvalue weighted by molar-refractivity contribution is 7.17. The predicted octanol–water partition coefficient (Wildman–Crippen LogP) is 2.46. The Morgan fingerprint density at radius 2 is 1.76 bits per heavy atom. The number of carbonyl (C=O) groups excluding carboxylic acids is 1. The summed E-state index contributed by atoms with van der Waals surface area (Å²) in [4.78, 5) is 38.8. The molecule has 0 radical (unpaired) electrons. The molecular weight excluding hydrogens is 449 g/mol. The van der Waals surface area contributed by atoms with E-state index in [9.17, 15) is 18.8 Å². The van der Waals surface area contributed by atoms with Crippen LogP contribution < -0.4 is 26.0 Å². The molecule has 4 aromatic rings. The van der Waals surface area contributed by atoms with Gasteiger partial charge in [-0.15, -0.1) is 11.3 Å². The highest BCUT2D eigenvalue weighted by atomic mass is 32.1. The van der Waals surface area contributed by atoms with Gasteiger partial charge < -0.3 is 14.8 Å². The molecule has 1 amide bonds. The van der Waals surface area contributed by atoms with Gasteiger partial charge in [0, 0.05) is 6.54 Å². The third-order valence-corrected chi connectivity index (χ3v) is 6.21. The van der Waals surface area contributed by atoms with E-state index in [2.05, 4.69) is 5.32 Å². The van der Waals surface area contributed by atoms with Crippen molar-refractivity contribution in [2.45, 2.75) is 19.6 Å². The maximum Gasteiger partial charge on any atom is 0.332 e.